The number of carbonyl (C=O) groups is 4. The molecule has 0 radical (unpaired) electrons. The van der Waals surface area contributed by atoms with Gasteiger partial charge in [0.25, 0.3) is 11.8 Å². The normalized spacial score (nSPS) is 15.2. The number of urea groups is 1. The van der Waals surface area contributed by atoms with Crippen LogP contribution < -0.4 is 5.32 Å². The SMILES string of the molecule is COC(=O)c1ccc(-n2c(C)cc(C=C3C(=O)NC(=O)N(Cc4ccco4)C3=O)c2C)cc1. The van der Waals surface area contributed by atoms with E-state index in [4.69, 9.17) is 9.15 Å². The van der Waals surface area contributed by atoms with Crippen LogP contribution in [0, 0.1) is 13.8 Å². The van der Waals surface area contributed by atoms with E-state index in [1.807, 2.05) is 24.5 Å². The predicted molar refractivity (Wildman–Crippen MR) is 117 cm³/mol. The van der Waals surface area contributed by atoms with Gasteiger partial charge in [-0.2, -0.15) is 0 Å². The van der Waals surface area contributed by atoms with Gasteiger partial charge < -0.3 is 13.7 Å². The maximum atomic E-state index is 13.0. The van der Waals surface area contributed by atoms with E-state index in [1.54, 1.807) is 36.4 Å². The Balaban J connectivity index is 1.67. The standard InChI is InChI=1S/C24H21N3O6/c1-14-11-17(15(2)27(14)18-8-6-16(7-9-18)23(30)32-3)12-20-21(28)25-24(31)26(22(20)29)13-19-5-4-10-33-19/h4-12H,13H2,1-3H3,(H,25,28,31). The van der Waals surface area contributed by atoms with Gasteiger partial charge in [0.05, 0.1) is 25.5 Å². The zero-order valence-electron chi connectivity index (χ0n) is 18.2. The lowest BCUT2D eigenvalue weighted by molar-refractivity contribution is -0.130. The molecule has 3 aromatic rings. The molecule has 0 saturated carbocycles. The Labute approximate surface area is 189 Å². The van der Waals surface area contributed by atoms with Crippen molar-refractivity contribution in [2.75, 3.05) is 7.11 Å². The first-order valence-electron chi connectivity index (χ1n) is 10.1. The van der Waals surface area contributed by atoms with Gasteiger partial charge in [0.2, 0.25) is 0 Å². The van der Waals surface area contributed by atoms with E-state index in [1.165, 1.54) is 19.4 Å². The number of nitrogens with one attached hydrogen (secondary N) is 1. The van der Waals surface area contributed by atoms with Crippen molar-refractivity contribution in [3.8, 4) is 5.69 Å². The van der Waals surface area contributed by atoms with Crippen molar-refractivity contribution in [2.24, 2.45) is 0 Å². The number of amides is 4. The molecule has 33 heavy (non-hydrogen) atoms. The average molecular weight is 447 g/mol. The average Bonchev–Trinajstić information content (AvgIpc) is 3.41. The third-order valence-electron chi connectivity index (χ3n) is 5.40. The summed E-state index contributed by atoms with van der Waals surface area (Å²) < 4.78 is 11.9. The number of hydrogen-bond acceptors (Lipinski definition) is 6. The highest BCUT2D eigenvalue weighted by Gasteiger charge is 2.36. The van der Waals surface area contributed by atoms with Gasteiger partial charge in [-0.05, 0) is 68.0 Å². The minimum Gasteiger partial charge on any atom is -0.467 e. The van der Waals surface area contributed by atoms with Crippen molar-refractivity contribution in [3.05, 3.63) is 82.6 Å². The number of barbiturate groups is 1. The highest BCUT2D eigenvalue weighted by atomic mass is 16.5. The van der Waals surface area contributed by atoms with E-state index in [0.717, 1.165) is 22.0 Å². The van der Waals surface area contributed by atoms with Gasteiger partial charge in [-0.1, -0.05) is 0 Å². The number of aromatic nitrogens is 1. The Morgan fingerprint density at radius 3 is 2.48 bits per heavy atom. The van der Waals surface area contributed by atoms with Crippen LogP contribution in [0.2, 0.25) is 0 Å². The van der Waals surface area contributed by atoms with Crippen molar-refractivity contribution in [1.82, 2.24) is 14.8 Å². The second-order valence-corrected chi connectivity index (χ2v) is 7.49. The number of ether oxygens (including phenoxy) is 1. The zero-order valence-corrected chi connectivity index (χ0v) is 18.2. The molecule has 1 fully saturated rings. The number of benzene rings is 1. The minimum absolute atomic E-state index is 0.0894. The Morgan fingerprint density at radius 1 is 1.12 bits per heavy atom. The molecule has 0 bridgehead atoms. The fourth-order valence-electron chi connectivity index (χ4n) is 3.75. The van der Waals surface area contributed by atoms with E-state index in [9.17, 15) is 19.2 Å². The van der Waals surface area contributed by atoms with Crippen LogP contribution in [0.25, 0.3) is 11.8 Å². The molecule has 0 atom stereocenters. The summed E-state index contributed by atoms with van der Waals surface area (Å²) >= 11 is 0. The minimum atomic E-state index is -0.797. The molecule has 168 valence electrons. The maximum absolute atomic E-state index is 13.0. The summed E-state index contributed by atoms with van der Waals surface area (Å²) in [6, 6.07) is 11.2. The molecule has 1 saturated heterocycles. The molecule has 1 aliphatic rings. The van der Waals surface area contributed by atoms with Crippen LogP contribution in [0.5, 0.6) is 0 Å². The number of furan rings is 1. The number of rotatable bonds is 5. The van der Waals surface area contributed by atoms with Crippen LogP contribution in [-0.4, -0.2) is 40.4 Å². The van der Waals surface area contributed by atoms with E-state index >= 15 is 0 Å². The van der Waals surface area contributed by atoms with Crippen molar-refractivity contribution in [3.63, 3.8) is 0 Å². The van der Waals surface area contributed by atoms with Crippen LogP contribution in [-0.2, 0) is 20.9 Å². The monoisotopic (exact) mass is 447 g/mol. The molecule has 3 heterocycles. The highest BCUT2D eigenvalue weighted by Crippen LogP contribution is 2.25. The van der Waals surface area contributed by atoms with Gasteiger partial charge in [-0.15, -0.1) is 0 Å². The summed E-state index contributed by atoms with van der Waals surface area (Å²) in [5, 5.41) is 2.20. The van der Waals surface area contributed by atoms with Crippen LogP contribution in [0.1, 0.15) is 33.1 Å². The molecule has 2 aromatic heterocycles. The van der Waals surface area contributed by atoms with Crippen LogP contribution in [0.15, 0.2) is 58.7 Å². The molecule has 1 aliphatic heterocycles. The fraction of sp³-hybridized carbons (Fsp3) is 0.167. The summed E-state index contributed by atoms with van der Waals surface area (Å²) in [4.78, 5) is 50.2. The molecule has 9 nitrogen and oxygen atoms in total. The Morgan fingerprint density at radius 2 is 1.85 bits per heavy atom. The largest absolute Gasteiger partial charge is 0.467 e. The van der Waals surface area contributed by atoms with Gasteiger partial charge in [-0.3, -0.25) is 19.8 Å². The molecular weight excluding hydrogens is 426 g/mol. The van der Waals surface area contributed by atoms with Crippen LogP contribution in [0.4, 0.5) is 4.79 Å². The first-order chi connectivity index (χ1) is 15.8. The summed E-state index contributed by atoms with van der Waals surface area (Å²) in [5.41, 5.74) is 3.37. The van der Waals surface area contributed by atoms with Gasteiger partial charge in [0, 0.05) is 17.1 Å². The summed E-state index contributed by atoms with van der Waals surface area (Å²) in [6.45, 7) is 3.65. The van der Waals surface area contributed by atoms with Crippen LogP contribution in [0.3, 0.4) is 0 Å². The van der Waals surface area contributed by atoms with Crippen LogP contribution >= 0.6 is 0 Å². The first kappa shape index (κ1) is 21.8. The van der Waals surface area contributed by atoms with E-state index in [-0.39, 0.29) is 12.1 Å². The Bertz CT molecular complexity index is 1280. The number of imide groups is 2. The number of nitrogens with zero attached hydrogens (tertiary/aromatic N) is 2. The molecule has 9 heteroatoms. The third-order valence-corrected chi connectivity index (χ3v) is 5.40. The number of carbonyl (C=O) groups excluding carboxylic acids is 4. The first-order valence-corrected chi connectivity index (χ1v) is 10.1. The molecule has 0 spiro atoms. The second-order valence-electron chi connectivity index (χ2n) is 7.49. The second kappa shape index (κ2) is 8.62. The van der Waals surface area contributed by atoms with Gasteiger partial charge in [-0.25, -0.2) is 9.59 Å². The molecule has 0 unspecified atom stereocenters. The van der Waals surface area contributed by atoms with Gasteiger partial charge in [0.1, 0.15) is 11.3 Å². The molecule has 1 aromatic carbocycles. The molecule has 0 aliphatic carbocycles. The Kier molecular flexibility index (Phi) is 5.70. The topological polar surface area (TPSA) is 111 Å². The number of aryl methyl sites for hydroxylation is 1. The van der Waals surface area contributed by atoms with Gasteiger partial charge in [0.15, 0.2) is 0 Å². The lowest BCUT2D eigenvalue weighted by Gasteiger charge is -2.25. The highest BCUT2D eigenvalue weighted by molar-refractivity contribution is 6.31. The molecular formula is C24H21N3O6. The van der Waals surface area contributed by atoms with Crippen molar-refractivity contribution < 1.29 is 28.3 Å². The quantitative estimate of drug-likeness (QED) is 0.365. The number of methoxy groups -OCH3 is 1. The Hall–Kier alpha value is -4.40. The lowest BCUT2D eigenvalue weighted by atomic mass is 10.1. The van der Waals surface area contributed by atoms with E-state index in [0.29, 0.717) is 16.9 Å². The van der Waals surface area contributed by atoms with Crippen molar-refractivity contribution >= 4 is 29.9 Å². The summed E-state index contributed by atoms with van der Waals surface area (Å²) in [7, 11) is 1.32. The molecule has 4 rings (SSSR count). The zero-order chi connectivity index (χ0) is 23.7. The summed E-state index contributed by atoms with van der Waals surface area (Å²) in [5.74, 6) is -1.47. The van der Waals surface area contributed by atoms with E-state index < -0.39 is 23.8 Å². The van der Waals surface area contributed by atoms with Crippen molar-refractivity contribution in [2.45, 2.75) is 20.4 Å². The molecule has 4 amide bonds. The summed E-state index contributed by atoms with van der Waals surface area (Å²) in [6.07, 6.45) is 2.91. The fourth-order valence-corrected chi connectivity index (χ4v) is 3.75. The maximum Gasteiger partial charge on any atom is 0.337 e. The lowest BCUT2D eigenvalue weighted by Crippen LogP contribution is -2.53. The number of hydrogen-bond donors (Lipinski definition) is 1. The van der Waals surface area contributed by atoms with Crippen molar-refractivity contribution in [1.29, 1.82) is 0 Å². The third kappa shape index (κ3) is 4.08. The number of esters is 1. The molecule has 1 N–H and O–H groups in total. The predicted octanol–water partition coefficient (Wildman–Crippen LogP) is 3.14. The smallest absolute Gasteiger partial charge is 0.337 e. The van der Waals surface area contributed by atoms with Gasteiger partial charge >= 0.3 is 12.0 Å². The van der Waals surface area contributed by atoms with E-state index in [2.05, 4.69) is 5.32 Å².